The van der Waals surface area contributed by atoms with Crippen molar-refractivity contribution in [2.24, 2.45) is 0 Å². The van der Waals surface area contributed by atoms with Gasteiger partial charge >= 0.3 is 51.4 Å². The fraction of sp³-hybridized carbons (Fsp3) is 0.800. The van der Waals surface area contributed by atoms with E-state index in [1.165, 1.54) is 0 Å². The zero-order valence-corrected chi connectivity index (χ0v) is 9.47. The maximum atomic E-state index is 9.60. The molecule has 0 aliphatic rings. The Morgan fingerprint density at radius 1 is 1.70 bits per heavy atom. The summed E-state index contributed by atoms with van der Waals surface area (Å²) in [7, 11) is 0. The Kier molecular flexibility index (Phi) is 13.3. The summed E-state index contributed by atoms with van der Waals surface area (Å²) in [5.41, 5.74) is 0. The van der Waals surface area contributed by atoms with Gasteiger partial charge in [-0.1, -0.05) is 6.92 Å². The maximum Gasteiger partial charge on any atom is 1.00 e. The first-order valence-electron chi connectivity index (χ1n) is 2.82. The Balaban J connectivity index is 0. The molecule has 0 saturated carbocycles. The summed E-state index contributed by atoms with van der Waals surface area (Å²) >= 11 is 0. The van der Waals surface area contributed by atoms with E-state index in [2.05, 4.69) is 10.1 Å². The first-order chi connectivity index (χ1) is 4.27. The molecule has 0 radical (unpaired) electrons. The summed E-state index contributed by atoms with van der Waals surface area (Å²) in [5.74, 6) is 0. The molecule has 0 spiro atoms. The molecule has 0 aromatic carbocycles. The fourth-order valence-electron chi connectivity index (χ4n) is 0.383. The Morgan fingerprint density at radius 3 is 2.70 bits per heavy atom. The van der Waals surface area contributed by atoms with E-state index in [4.69, 9.17) is 0 Å². The van der Waals surface area contributed by atoms with Gasteiger partial charge in [0.25, 0.3) is 6.16 Å². The van der Waals surface area contributed by atoms with Gasteiger partial charge in [0.2, 0.25) is 0 Å². The third-order valence-electron chi connectivity index (χ3n) is 0.749. The third kappa shape index (κ3) is 11.6. The Bertz CT molecular complexity index is 89.0. The second kappa shape index (κ2) is 9.87. The van der Waals surface area contributed by atoms with Crippen LogP contribution in [0.15, 0.2) is 0 Å². The van der Waals surface area contributed by atoms with Gasteiger partial charge in [0.05, 0.1) is 0 Å². The summed E-state index contributed by atoms with van der Waals surface area (Å²) in [6, 6.07) is 0. The number of nitrogens with one attached hydrogen (secondary N) is 1. The predicted octanol–water partition coefficient (Wildman–Crippen LogP) is -4.04. The third-order valence-corrected chi connectivity index (χ3v) is 0.749. The van der Waals surface area contributed by atoms with Crippen molar-refractivity contribution in [1.29, 1.82) is 0 Å². The van der Waals surface area contributed by atoms with Crippen molar-refractivity contribution in [2.45, 2.75) is 6.92 Å². The first-order valence-corrected chi connectivity index (χ1v) is 2.82. The predicted molar refractivity (Wildman–Crippen MR) is 29.9 cm³/mol. The van der Waals surface area contributed by atoms with E-state index in [0.717, 1.165) is 6.54 Å². The summed E-state index contributed by atoms with van der Waals surface area (Å²) in [6.07, 6.45) is -1.46. The smallest absolute Gasteiger partial charge is 0.548 e. The monoisotopic (exact) mass is 171 g/mol. The van der Waals surface area contributed by atoms with Crippen LogP contribution in [0.2, 0.25) is 0 Å². The van der Waals surface area contributed by atoms with Gasteiger partial charge in [-0.2, -0.15) is 0 Å². The standard InChI is InChI=1S/C5H11NO3.K/c1-2-6-3-4-9-5(7)8;/h6H,2-4H2,1H3,(H,7,8);/q;+1/p-1. The maximum absolute atomic E-state index is 9.60. The van der Waals surface area contributed by atoms with E-state index in [1.807, 2.05) is 6.92 Å². The largest absolute Gasteiger partial charge is 1.00 e. The Morgan fingerprint density at radius 2 is 2.30 bits per heavy atom. The van der Waals surface area contributed by atoms with E-state index in [-0.39, 0.29) is 58.0 Å². The van der Waals surface area contributed by atoms with E-state index >= 15 is 0 Å². The molecule has 54 valence electrons. The molecule has 0 aliphatic heterocycles. The minimum atomic E-state index is -1.46. The van der Waals surface area contributed by atoms with Crippen molar-refractivity contribution in [3.05, 3.63) is 0 Å². The summed E-state index contributed by atoms with van der Waals surface area (Å²) < 4.78 is 4.09. The number of hydrogen-bond donors (Lipinski definition) is 1. The molecule has 0 aromatic rings. The minimum Gasteiger partial charge on any atom is -0.548 e. The van der Waals surface area contributed by atoms with Crippen LogP contribution in [0.5, 0.6) is 0 Å². The normalized spacial score (nSPS) is 8.10. The number of hydrogen-bond acceptors (Lipinski definition) is 4. The average molecular weight is 171 g/mol. The van der Waals surface area contributed by atoms with Crippen LogP contribution in [0.25, 0.3) is 0 Å². The number of rotatable bonds is 4. The first kappa shape index (κ1) is 13.5. The number of carboxylic acid groups (broad SMARTS) is 1. The van der Waals surface area contributed by atoms with Crippen molar-refractivity contribution >= 4 is 6.16 Å². The number of carbonyl (C=O) groups excluding carboxylic acids is 1. The van der Waals surface area contributed by atoms with Gasteiger partial charge < -0.3 is 20.0 Å². The molecule has 0 rings (SSSR count). The second-order valence-electron chi connectivity index (χ2n) is 1.45. The number of likely N-dealkylation sites (N-methyl/N-ethyl adjacent to an activating group) is 1. The van der Waals surface area contributed by atoms with Crippen molar-refractivity contribution in [3.63, 3.8) is 0 Å². The van der Waals surface area contributed by atoms with Gasteiger partial charge in [-0.15, -0.1) is 0 Å². The molecule has 0 fully saturated rings. The molecular formula is C5H10KNO3. The van der Waals surface area contributed by atoms with Crippen LogP contribution in [0.3, 0.4) is 0 Å². The molecule has 5 heteroatoms. The summed E-state index contributed by atoms with van der Waals surface area (Å²) in [5, 5.41) is 12.5. The van der Waals surface area contributed by atoms with Crippen LogP contribution >= 0.6 is 0 Å². The Labute approximate surface area is 103 Å². The van der Waals surface area contributed by atoms with Gasteiger partial charge in [-0.25, -0.2) is 0 Å². The van der Waals surface area contributed by atoms with Crippen LogP contribution in [0, 0.1) is 0 Å². The van der Waals surface area contributed by atoms with Crippen molar-refractivity contribution in [1.82, 2.24) is 5.32 Å². The summed E-state index contributed by atoms with van der Waals surface area (Å²) in [6.45, 7) is 3.45. The van der Waals surface area contributed by atoms with E-state index < -0.39 is 6.16 Å². The van der Waals surface area contributed by atoms with Crippen LogP contribution in [0.4, 0.5) is 4.79 Å². The van der Waals surface area contributed by atoms with Gasteiger partial charge in [-0.3, -0.25) is 0 Å². The fourth-order valence-corrected chi connectivity index (χ4v) is 0.383. The molecule has 0 aliphatic carbocycles. The number of carbonyl (C=O) groups is 1. The van der Waals surface area contributed by atoms with Crippen LogP contribution in [-0.2, 0) is 4.74 Å². The number of ether oxygens (including phenoxy) is 1. The van der Waals surface area contributed by atoms with Crippen molar-refractivity contribution < 1.29 is 66.0 Å². The van der Waals surface area contributed by atoms with Crippen LogP contribution in [0.1, 0.15) is 6.92 Å². The molecule has 0 atom stereocenters. The molecule has 4 nitrogen and oxygen atoms in total. The topological polar surface area (TPSA) is 61.4 Å². The molecule has 10 heavy (non-hydrogen) atoms. The molecule has 0 aromatic heterocycles. The van der Waals surface area contributed by atoms with Gasteiger partial charge in [0, 0.05) is 13.2 Å². The quantitative estimate of drug-likeness (QED) is 0.266. The minimum absolute atomic E-state index is 0. The molecular weight excluding hydrogens is 161 g/mol. The van der Waals surface area contributed by atoms with E-state index in [1.54, 1.807) is 0 Å². The van der Waals surface area contributed by atoms with Crippen LogP contribution in [-0.4, -0.2) is 25.9 Å². The summed E-state index contributed by atoms with van der Waals surface area (Å²) in [4.78, 5) is 9.60. The van der Waals surface area contributed by atoms with Crippen molar-refractivity contribution in [2.75, 3.05) is 19.7 Å². The average Bonchev–Trinajstić information content (AvgIpc) is 1.80. The molecule has 1 N–H and O–H groups in total. The van der Waals surface area contributed by atoms with E-state index in [9.17, 15) is 9.90 Å². The molecule has 0 saturated heterocycles. The second-order valence-corrected chi connectivity index (χ2v) is 1.45. The van der Waals surface area contributed by atoms with Gasteiger partial charge in [0.1, 0.15) is 0 Å². The molecule has 0 unspecified atom stereocenters. The van der Waals surface area contributed by atoms with Crippen LogP contribution < -0.4 is 61.8 Å². The molecule has 0 bridgehead atoms. The van der Waals surface area contributed by atoms with Gasteiger partial charge in [-0.05, 0) is 6.54 Å². The molecule has 0 amide bonds. The SMILES string of the molecule is CCNCCOC(=O)[O-].[K+]. The Hall–Kier alpha value is 0.866. The molecule has 0 heterocycles. The van der Waals surface area contributed by atoms with Gasteiger partial charge in [0.15, 0.2) is 0 Å². The zero-order chi connectivity index (χ0) is 7.11. The zero-order valence-electron chi connectivity index (χ0n) is 6.35. The van der Waals surface area contributed by atoms with Crippen molar-refractivity contribution in [3.8, 4) is 0 Å². The van der Waals surface area contributed by atoms with E-state index in [0.29, 0.717) is 6.54 Å².